The highest BCUT2D eigenvalue weighted by Crippen LogP contribution is 2.18. The van der Waals surface area contributed by atoms with Crippen molar-refractivity contribution >= 4 is 22.6 Å². The topological polar surface area (TPSA) is 25.2 Å². The van der Waals surface area contributed by atoms with Gasteiger partial charge in [0.2, 0.25) is 0 Å². The number of benzene rings is 1. The van der Waals surface area contributed by atoms with E-state index in [0.29, 0.717) is 0 Å². The van der Waals surface area contributed by atoms with Gasteiger partial charge in [-0.1, -0.05) is 36.4 Å². The fourth-order valence-corrected chi connectivity index (χ4v) is 2.47. The second-order valence-electron chi connectivity index (χ2n) is 4.38. The van der Waals surface area contributed by atoms with Gasteiger partial charge in [-0.15, -0.1) is 0 Å². The summed E-state index contributed by atoms with van der Waals surface area (Å²) in [5.74, 6) is 0. The van der Waals surface area contributed by atoms with E-state index in [0.717, 1.165) is 32.7 Å². The molecule has 2 aromatic rings. The standard InChI is InChI=1S/C16H11NO/c1-2-7-15-13(5-1)14-6-3-4-11-10-17-9-8-12(11)16(14)18-15/h1-10,17H. The summed E-state index contributed by atoms with van der Waals surface area (Å²) in [6, 6.07) is 8.15. The molecule has 2 aliphatic rings. The molecule has 2 heteroatoms. The number of rotatable bonds is 0. The highest BCUT2D eigenvalue weighted by molar-refractivity contribution is 5.85. The van der Waals surface area contributed by atoms with E-state index in [1.54, 1.807) is 0 Å². The van der Waals surface area contributed by atoms with E-state index >= 15 is 0 Å². The maximum atomic E-state index is 6.01. The van der Waals surface area contributed by atoms with Crippen LogP contribution in [0.1, 0.15) is 0 Å². The van der Waals surface area contributed by atoms with E-state index in [1.807, 2.05) is 30.6 Å². The highest BCUT2D eigenvalue weighted by atomic mass is 16.3. The zero-order valence-electron chi connectivity index (χ0n) is 9.68. The van der Waals surface area contributed by atoms with Crippen LogP contribution in [-0.2, 0) is 0 Å². The van der Waals surface area contributed by atoms with Gasteiger partial charge in [0, 0.05) is 34.2 Å². The van der Waals surface area contributed by atoms with Crippen LogP contribution in [0, 0.1) is 0 Å². The molecule has 1 aliphatic heterocycles. The summed E-state index contributed by atoms with van der Waals surface area (Å²) in [6.45, 7) is 0. The predicted octanol–water partition coefficient (Wildman–Crippen LogP) is 1.93. The molecule has 4 rings (SSSR count). The van der Waals surface area contributed by atoms with Gasteiger partial charge < -0.3 is 9.73 Å². The molecular formula is C16H11NO. The molecule has 1 aromatic carbocycles. The molecule has 0 saturated heterocycles. The zero-order chi connectivity index (χ0) is 11.9. The SMILES string of the molecule is C1=CC2=CNC=CC2=c2oc3ccccc3c2=C1. The summed E-state index contributed by atoms with van der Waals surface area (Å²) >= 11 is 0. The molecule has 0 unspecified atom stereocenters. The van der Waals surface area contributed by atoms with E-state index in [1.165, 1.54) is 0 Å². The van der Waals surface area contributed by atoms with Gasteiger partial charge in [-0.25, -0.2) is 0 Å². The fourth-order valence-electron chi connectivity index (χ4n) is 2.47. The van der Waals surface area contributed by atoms with Gasteiger partial charge in [0.1, 0.15) is 11.0 Å². The maximum Gasteiger partial charge on any atom is 0.143 e. The molecule has 2 nitrogen and oxygen atoms in total. The van der Waals surface area contributed by atoms with Crippen molar-refractivity contribution in [2.45, 2.75) is 0 Å². The second-order valence-corrected chi connectivity index (χ2v) is 4.38. The first kappa shape index (κ1) is 9.54. The molecule has 18 heavy (non-hydrogen) atoms. The lowest BCUT2D eigenvalue weighted by atomic mass is 10.1. The van der Waals surface area contributed by atoms with Gasteiger partial charge in [-0.3, -0.25) is 0 Å². The third-order valence-electron chi connectivity index (χ3n) is 3.31. The van der Waals surface area contributed by atoms with Crippen LogP contribution in [-0.4, -0.2) is 0 Å². The van der Waals surface area contributed by atoms with Crippen LogP contribution in [0.5, 0.6) is 0 Å². The van der Waals surface area contributed by atoms with Gasteiger partial charge in [-0.2, -0.15) is 0 Å². The van der Waals surface area contributed by atoms with Gasteiger partial charge in [-0.05, 0) is 12.1 Å². The number of allylic oxidation sites excluding steroid dienone is 4. The van der Waals surface area contributed by atoms with Crippen LogP contribution >= 0.6 is 0 Å². The first-order valence-electron chi connectivity index (χ1n) is 5.97. The Morgan fingerprint density at radius 1 is 1.06 bits per heavy atom. The molecule has 1 aromatic heterocycles. The molecule has 86 valence electrons. The first-order chi connectivity index (χ1) is 8.93. The highest BCUT2D eigenvalue weighted by Gasteiger charge is 2.11. The summed E-state index contributed by atoms with van der Waals surface area (Å²) in [4.78, 5) is 0. The number of fused-ring (bicyclic) bond motifs is 4. The molecule has 1 N–H and O–H groups in total. The smallest absolute Gasteiger partial charge is 0.143 e. The van der Waals surface area contributed by atoms with Crippen LogP contribution in [0.2, 0.25) is 0 Å². The largest absolute Gasteiger partial charge is 0.455 e. The normalized spacial score (nSPS) is 16.4. The van der Waals surface area contributed by atoms with Crippen LogP contribution < -0.4 is 16.0 Å². The number of dihydropyridines is 1. The summed E-state index contributed by atoms with van der Waals surface area (Å²) < 4.78 is 6.01. The number of hydrogen-bond donors (Lipinski definition) is 1. The minimum Gasteiger partial charge on any atom is -0.455 e. The molecular weight excluding hydrogens is 222 g/mol. The zero-order valence-corrected chi connectivity index (χ0v) is 9.68. The van der Waals surface area contributed by atoms with Gasteiger partial charge in [0.05, 0.1) is 0 Å². The van der Waals surface area contributed by atoms with E-state index in [2.05, 4.69) is 35.7 Å². The Balaban J connectivity index is 2.27. The van der Waals surface area contributed by atoms with Crippen molar-refractivity contribution in [1.82, 2.24) is 5.32 Å². The third kappa shape index (κ3) is 1.23. The van der Waals surface area contributed by atoms with Crippen molar-refractivity contribution in [3.63, 3.8) is 0 Å². The van der Waals surface area contributed by atoms with Crippen LogP contribution in [0.15, 0.2) is 64.9 Å². The molecule has 0 radical (unpaired) electrons. The van der Waals surface area contributed by atoms with Crippen molar-refractivity contribution in [3.8, 4) is 0 Å². The fraction of sp³-hybridized carbons (Fsp3) is 0. The van der Waals surface area contributed by atoms with Crippen molar-refractivity contribution in [3.05, 3.63) is 71.1 Å². The van der Waals surface area contributed by atoms with Gasteiger partial charge in [0.15, 0.2) is 0 Å². The van der Waals surface area contributed by atoms with Crippen molar-refractivity contribution < 1.29 is 4.42 Å². The molecule has 0 atom stereocenters. The Morgan fingerprint density at radius 3 is 3.00 bits per heavy atom. The lowest BCUT2D eigenvalue weighted by Gasteiger charge is -2.07. The van der Waals surface area contributed by atoms with Crippen molar-refractivity contribution in [2.24, 2.45) is 0 Å². The molecule has 0 fully saturated rings. The first-order valence-corrected chi connectivity index (χ1v) is 5.97. The lowest BCUT2D eigenvalue weighted by molar-refractivity contribution is 0.573. The molecule has 0 saturated carbocycles. The van der Waals surface area contributed by atoms with Crippen LogP contribution in [0.4, 0.5) is 0 Å². The summed E-state index contributed by atoms with van der Waals surface area (Å²) in [5.41, 5.74) is 4.16. The summed E-state index contributed by atoms with van der Waals surface area (Å²) in [7, 11) is 0. The molecule has 0 amide bonds. The third-order valence-corrected chi connectivity index (χ3v) is 3.31. The van der Waals surface area contributed by atoms with E-state index in [-0.39, 0.29) is 0 Å². The quantitative estimate of drug-likeness (QED) is 0.752. The molecule has 2 heterocycles. The number of para-hydroxylation sites is 1. The van der Waals surface area contributed by atoms with Crippen LogP contribution in [0.3, 0.4) is 0 Å². The second kappa shape index (κ2) is 3.50. The molecule has 0 bridgehead atoms. The number of furan rings is 1. The molecule has 0 spiro atoms. The van der Waals surface area contributed by atoms with E-state index in [9.17, 15) is 0 Å². The minimum absolute atomic E-state index is 0.938. The number of hydrogen-bond acceptors (Lipinski definition) is 2. The Kier molecular flexibility index (Phi) is 1.86. The van der Waals surface area contributed by atoms with Gasteiger partial charge >= 0.3 is 0 Å². The predicted molar refractivity (Wildman–Crippen MR) is 72.8 cm³/mol. The van der Waals surface area contributed by atoms with Crippen molar-refractivity contribution in [1.29, 1.82) is 0 Å². The Bertz CT molecular complexity index is 847. The average molecular weight is 233 g/mol. The molecule has 1 aliphatic carbocycles. The Labute approximate surface area is 104 Å². The summed E-state index contributed by atoms with van der Waals surface area (Å²) in [6.07, 6.45) is 12.2. The van der Waals surface area contributed by atoms with Crippen molar-refractivity contribution in [2.75, 3.05) is 0 Å². The summed E-state index contributed by atoms with van der Waals surface area (Å²) in [5, 5.41) is 5.43. The number of nitrogens with one attached hydrogen (secondary N) is 1. The minimum atomic E-state index is 0.938. The van der Waals surface area contributed by atoms with Gasteiger partial charge in [0.25, 0.3) is 0 Å². The Morgan fingerprint density at radius 2 is 2.00 bits per heavy atom. The van der Waals surface area contributed by atoms with E-state index in [4.69, 9.17) is 4.42 Å². The Hall–Kier alpha value is -2.48. The monoisotopic (exact) mass is 233 g/mol. The van der Waals surface area contributed by atoms with E-state index < -0.39 is 0 Å². The average Bonchev–Trinajstić information content (AvgIpc) is 2.69. The maximum absolute atomic E-state index is 6.01. The lowest BCUT2D eigenvalue weighted by Crippen LogP contribution is -2.23. The van der Waals surface area contributed by atoms with Crippen LogP contribution in [0.25, 0.3) is 22.6 Å².